The van der Waals surface area contributed by atoms with E-state index >= 15 is 0 Å². The van der Waals surface area contributed by atoms with E-state index in [1.807, 2.05) is 4.90 Å². The van der Waals surface area contributed by atoms with Crippen molar-refractivity contribution < 1.29 is 4.79 Å². The molecular formula is C20H28N4O. The number of likely N-dealkylation sites (tertiary alicyclic amines) is 1. The molecule has 1 aliphatic heterocycles. The topological polar surface area (TPSA) is 56.7 Å². The third-order valence-electron chi connectivity index (χ3n) is 4.65. The van der Waals surface area contributed by atoms with Crippen LogP contribution in [0.3, 0.4) is 0 Å². The van der Waals surface area contributed by atoms with Crippen LogP contribution in [0.1, 0.15) is 43.7 Å². The number of nitrogens with one attached hydrogen (secondary N) is 2. The third-order valence-corrected chi connectivity index (χ3v) is 4.65. The lowest BCUT2D eigenvalue weighted by Crippen LogP contribution is -2.42. The molecule has 25 heavy (non-hydrogen) atoms. The zero-order chi connectivity index (χ0) is 17.5. The molecule has 2 N–H and O–H groups in total. The molecule has 1 aromatic carbocycles. The summed E-state index contributed by atoms with van der Waals surface area (Å²) >= 11 is 0. The van der Waals surface area contributed by atoms with E-state index in [4.69, 9.17) is 4.99 Å². The Balaban J connectivity index is 1.60. The van der Waals surface area contributed by atoms with Crippen molar-refractivity contribution >= 4 is 11.9 Å². The highest BCUT2D eigenvalue weighted by Gasteiger charge is 2.19. The van der Waals surface area contributed by atoms with Gasteiger partial charge in [0.15, 0.2) is 5.96 Å². The van der Waals surface area contributed by atoms with Crippen LogP contribution in [0.5, 0.6) is 0 Å². The first-order valence-corrected chi connectivity index (χ1v) is 9.30. The molecule has 2 aliphatic rings. The fourth-order valence-electron chi connectivity index (χ4n) is 3.34. The standard InChI is InChI=1S/C20H28N4O/c1-2-21-20(23-18-9-3-4-10-18)22-14-16-7-5-8-17(13-16)15-24-12-6-11-19(24)25/h3-5,7-8,13,18H,2,6,9-12,14-15H2,1H3,(H2,21,22,23). The summed E-state index contributed by atoms with van der Waals surface area (Å²) in [6, 6.07) is 8.86. The van der Waals surface area contributed by atoms with Gasteiger partial charge in [-0.3, -0.25) is 4.79 Å². The van der Waals surface area contributed by atoms with Crippen LogP contribution in [0.2, 0.25) is 0 Å². The van der Waals surface area contributed by atoms with Crippen LogP contribution in [-0.2, 0) is 17.9 Å². The number of hydrogen-bond acceptors (Lipinski definition) is 2. The second-order valence-corrected chi connectivity index (χ2v) is 6.72. The molecule has 0 spiro atoms. The highest BCUT2D eigenvalue weighted by atomic mass is 16.2. The van der Waals surface area contributed by atoms with Gasteiger partial charge in [-0.1, -0.05) is 36.4 Å². The average molecular weight is 340 g/mol. The van der Waals surface area contributed by atoms with Crippen molar-refractivity contribution in [1.82, 2.24) is 15.5 Å². The molecule has 0 radical (unpaired) electrons. The quantitative estimate of drug-likeness (QED) is 0.475. The molecule has 134 valence electrons. The first-order valence-electron chi connectivity index (χ1n) is 9.30. The van der Waals surface area contributed by atoms with Crippen LogP contribution in [-0.4, -0.2) is 35.9 Å². The summed E-state index contributed by atoms with van der Waals surface area (Å²) in [6.45, 7) is 5.16. The Morgan fingerprint density at radius 3 is 2.80 bits per heavy atom. The van der Waals surface area contributed by atoms with Gasteiger partial charge in [0.1, 0.15) is 0 Å². The normalized spacial score (nSPS) is 18.2. The van der Waals surface area contributed by atoms with Gasteiger partial charge in [-0.2, -0.15) is 0 Å². The molecular weight excluding hydrogens is 312 g/mol. The van der Waals surface area contributed by atoms with Gasteiger partial charge >= 0.3 is 0 Å². The van der Waals surface area contributed by atoms with E-state index in [-0.39, 0.29) is 5.91 Å². The van der Waals surface area contributed by atoms with Crippen molar-refractivity contribution in [1.29, 1.82) is 0 Å². The van der Waals surface area contributed by atoms with Crippen LogP contribution in [0, 0.1) is 0 Å². The predicted molar refractivity (Wildman–Crippen MR) is 101 cm³/mol. The lowest BCUT2D eigenvalue weighted by molar-refractivity contribution is -0.128. The van der Waals surface area contributed by atoms with Gasteiger partial charge in [0.2, 0.25) is 5.91 Å². The zero-order valence-electron chi connectivity index (χ0n) is 15.0. The Bertz CT molecular complexity index is 645. The summed E-state index contributed by atoms with van der Waals surface area (Å²) in [5.74, 6) is 1.14. The smallest absolute Gasteiger partial charge is 0.222 e. The Morgan fingerprint density at radius 1 is 1.28 bits per heavy atom. The summed E-state index contributed by atoms with van der Waals surface area (Å²) in [5.41, 5.74) is 2.35. The first-order chi connectivity index (χ1) is 12.2. The predicted octanol–water partition coefficient (Wildman–Crippen LogP) is 2.58. The molecule has 1 fully saturated rings. The number of carbonyl (C=O) groups is 1. The van der Waals surface area contributed by atoms with E-state index in [2.05, 4.69) is 54.0 Å². The molecule has 1 heterocycles. The maximum absolute atomic E-state index is 11.8. The van der Waals surface area contributed by atoms with Gasteiger partial charge in [-0.25, -0.2) is 4.99 Å². The van der Waals surface area contributed by atoms with E-state index in [1.165, 1.54) is 11.1 Å². The van der Waals surface area contributed by atoms with Crippen LogP contribution < -0.4 is 10.6 Å². The Kier molecular flexibility index (Phi) is 6.09. The lowest BCUT2D eigenvalue weighted by Gasteiger charge is -2.17. The minimum absolute atomic E-state index is 0.271. The number of carbonyl (C=O) groups excluding carboxylic acids is 1. The van der Waals surface area contributed by atoms with Crippen molar-refractivity contribution in [2.75, 3.05) is 13.1 Å². The minimum atomic E-state index is 0.271. The van der Waals surface area contributed by atoms with Gasteiger partial charge in [-0.05, 0) is 37.3 Å². The summed E-state index contributed by atoms with van der Waals surface area (Å²) in [6.07, 6.45) is 8.22. The highest BCUT2D eigenvalue weighted by molar-refractivity contribution is 5.80. The molecule has 5 heteroatoms. The SMILES string of the molecule is CCNC(=NCc1cccc(CN2CCCC2=O)c1)NC1CC=CC1. The molecule has 1 amide bonds. The van der Waals surface area contributed by atoms with Gasteiger partial charge in [0.05, 0.1) is 6.54 Å². The van der Waals surface area contributed by atoms with Gasteiger partial charge in [0, 0.05) is 32.1 Å². The molecule has 3 rings (SSSR count). The number of aliphatic imine (C=N–C) groups is 1. The van der Waals surface area contributed by atoms with Crippen molar-refractivity contribution in [3.63, 3.8) is 0 Å². The van der Waals surface area contributed by atoms with Crippen molar-refractivity contribution in [3.8, 4) is 0 Å². The number of guanidine groups is 1. The Morgan fingerprint density at radius 2 is 2.08 bits per heavy atom. The molecule has 0 atom stereocenters. The molecule has 1 saturated heterocycles. The number of amides is 1. The fourth-order valence-corrected chi connectivity index (χ4v) is 3.34. The molecule has 0 saturated carbocycles. The average Bonchev–Trinajstić information content (AvgIpc) is 3.26. The van der Waals surface area contributed by atoms with Gasteiger partial charge in [0.25, 0.3) is 0 Å². The molecule has 0 unspecified atom stereocenters. The second-order valence-electron chi connectivity index (χ2n) is 6.72. The van der Waals surface area contributed by atoms with Crippen molar-refractivity contribution in [2.45, 2.75) is 51.7 Å². The summed E-state index contributed by atoms with van der Waals surface area (Å²) in [7, 11) is 0. The molecule has 0 bridgehead atoms. The number of nitrogens with zero attached hydrogens (tertiary/aromatic N) is 2. The Hall–Kier alpha value is -2.30. The largest absolute Gasteiger partial charge is 0.357 e. The molecule has 1 aliphatic carbocycles. The van der Waals surface area contributed by atoms with E-state index < -0.39 is 0 Å². The van der Waals surface area contributed by atoms with Crippen LogP contribution in [0.15, 0.2) is 41.4 Å². The molecule has 0 aromatic heterocycles. The second kappa shape index (κ2) is 8.70. The van der Waals surface area contributed by atoms with E-state index in [9.17, 15) is 4.79 Å². The number of rotatable bonds is 6. The maximum atomic E-state index is 11.8. The fraction of sp³-hybridized carbons (Fsp3) is 0.500. The number of hydrogen-bond donors (Lipinski definition) is 2. The summed E-state index contributed by atoms with van der Waals surface area (Å²) in [4.78, 5) is 18.5. The summed E-state index contributed by atoms with van der Waals surface area (Å²) in [5, 5.41) is 6.81. The van der Waals surface area contributed by atoms with Crippen molar-refractivity contribution in [2.24, 2.45) is 4.99 Å². The number of benzene rings is 1. The van der Waals surface area contributed by atoms with Crippen LogP contribution in [0.4, 0.5) is 0 Å². The van der Waals surface area contributed by atoms with E-state index in [1.54, 1.807) is 0 Å². The first kappa shape index (κ1) is 17.5. The molecule has 5 nitrogen and oxygen atoms in total. The lowest BCUT2D eigenvalue weighted by atomic mass is 10.1. The van der Waals surface area contributed by atoms with Gasteiger partial charge < -0.3 is 15.5 Å². The van der Waals surface area contributed by atoms with Crippen LogP contribution >= 0.6 is 0 Å². The molecule has 1 aromatic rings. The monoisotopic (exact) mass is 340 g/mol. The van der Waals surface area contributed by atoms with Crippen LogP contribution in [0.25, 0.3) is 0 Å². The Labute approximate surface area is 150 Å². The van der Waals surface area contributed by atoms with Crippen molar-refractivity contribution in [3.05, 3.63) is 47.5 Å². The zero-order valence-corrected chi connectivity index (χ0v) is 15.0. The third kappa shape index (κ3) is 5.08. The maximum Gasteiger partial charge on any atom is 0.222 e. The highest BCUT2D eigenvalue weighted by Crippen LogP contribution is 2.15. The minimum Gasteiger partial charge on any atom is -0.357 e. The van der Waals surface area contributed by atoms with E-state index in [0.717, 1.165) is 38.3 Å². The van der Waals surface area contributed by atoms with E-state index in [0.29, 0.717) is 25.6 Å². The summed E-state index contributed by atoms with van der Waals surface area (Å²) < 4.78 is 0. The van der Waals surface area contributed by atoms with Gasteiger partial charge in [-0.15, -0.1) is 0 Å².